The molecule has 12 heavy (non-hydrogen) atoms. The van der Waals surface area contributed by atoms with Gasteiger partial charge < -0.3 is 0 Å². The lowest BCUT2D eigenvalue weighted by Crippen LogP contribution is -1.76. The van der Waals surface area contributed by atoms with Gasteiger partial charge in [-0.2, -0.15) is 0 Å². The van der Waals surface area contributed by atoms with Crippen LogP contribution in [0.25, 0.3) is 9.88 Å². The van der Waals surface area contributed by atoms with Gasteiger partial charge in [0.15, 0.2) is 6.29 Å². The predicted molar refractivity (Wildman–Crippen MR) is 50.8 cm³/mol. The summed E-state index contributed by atoms with van der Waals surface area (Å²) in [7, 11) is 0. The van der Waals surface area contributed by atoms with Crippen LogP contribution in [0.2, 0.25) is 0 Å². The zero-order chi connectivity index (χ0) is 8.39. The van der Waals surface area contributed by atoms with Gasteiger partial charge >= 0.3 is 0 Å². The fourth-order valence-electron chi connectivity index (χ4n) is 0.854. The fraction of sp³-hybridized carbons (Fsp3) is 0. The first kappa shape index (κ1) is 7.64. The van der Waals surface area contributed by atoms with Crippen molar-refractivity contribution in [2.75, 3.05) is 0 Å². The maximum absolute atomic E-state index is 10.3. The molecule has 0 aromatic carbocycles. The summed E-state index contributed by atoms with van der Waals surface area (Å²) in [5.74, 6) is 0. The number of carbonyl (C=O) groups excluding carboxylic acids is 1. The predicted octanol–water partition coefficient (Wildman–Crippen LogP) is 2.68. The van der Waals surface area contributed by atoms with Crippen LogP contribution in [0.5, 0.6) is 0 Å². The molecule has 0 bridgehead atoms. The third-order valence-corrected chi connectivity index (χ3v) is 3.27. The van der Waals surface area contributed by atoms with Crippen LogP contribution in [0.15, 0.2) is 22.9 Å². The van der Waals surface area contributed by atoms with Crippen LogP contribution < -0.4 is 0 Å². The van der Waals surface area contributed by atoms with Gasteiger partial charge in [0.2, 0.25) is 0 Å². The Morgan fingerprint density at radius 3 is 2.92 bits per heavy atom. The number of hydrogen-bond acceptors (Lipinski definition) is 4. The summed E-state index contributed by atoms with van der Waals surface area (Å²) in [6, 6.07) is 3.97. The first-order valence-corrected chi connectivity index (χ1v) is 5.10. The number of hydrogen-bond donors (Lipinski definition) is 0. The molecule has 0 aliphatic heterocycles. The van der Waals surface area contributed by atoms with Crippen molar-refractivity contribution in [1.29, 1.82) is 0 Å². The Morgan fingerprint density at radius 2 is 2.33 bits per heavy atom. The standard InChI is InChI=1S/C8H5NOS2/c10-4-6-5-12-8(9-6)7-2-1-3-11-7/h1-5H. The molecular formula is C8H5NOS2. The highest BCUT2D eigenvalue weighted by atomic mass is 32.1. The first-order chi connectivity index (χ1) is 5.90. The van der Waals surface area contributed by atoms with Crippen LogP contribution >= 0.6 is 22.7 Å². The zero-order valence-corrected chi connectivity index (χ0v) is 7.69. The molecular weight excluding hydrogens is 190 g/mol. The zero-order valence-electron chi connectivity index (χ0n) is 6.06. The summed E-state index contributed by atoms with van der Waals surface area (Å²) in [6.07, 6.45) is 0.771. The Labute approximate surface area is 77.5 Å². The highest BCUT2D eigenvalue weighted by molar-refractivity contribution is 7.20. The van der Waals surface area contributed by atoms with Crippen molar-refractivity contribution in [2.24, 2.45) is 0 Å². The first-order valence-electron chi connectivity index (χ1n) is 3.35. The number of thiazole rings is 1. The second kappa shape index (κ2) is 3.16. The minimum absolute atomic E-state index is 0.517. The van der Waals surface area contributed by atoms with Gasteiger partial charge in [0, 0.05) is 5.38 Å². The summed E-state index contributed by atoms with van der Waals surface area (Å²) < 4.78 is 0. The molecule has 0 aliphatic carbocycles. The molecule has 0 spiro atoms. The third kappa shape index (κ3) is 1.31. The molecule has 4 heteroatoms. The quantitative estimate of drug-likeness (QED) is 0.689. The van der Waals surface area contributed by atoms with E-state index in [9.17, 15) is 4.79 Å². The fourth-order valence-corrected chi connectivity index (χ4v) is 2.43. The van der Waals surface area contributed by atoms with Crippen molar-refractivity contribution >= 4 is 29.0 Å². The SMILES string of the molecule is O=Cc1csc(-c2cccs2)n1. The monoisotopic (exact) mass is 195 g/mol. The number of thiophene rings is 1. The van der Waals surface area contributed by atoms with Gasteiger partial charge in [-0.15, -0.1) is 22.7 Å². The van der Waals surface area contributed by atoms with Crippen molar-refractivity contribution in [1.82, 2.24) is 4.98 Å². The molecule has 0 fully saturated rings. The number of nitrogens with zero attached hydrogens (tertiary/aromatic N) is 1. The third-order valence-electron chi connectivity index (χ3n) is 1.37. The van der Waals surface area contributed by atoms with Crippen molar-refractivity contribution in [3.8, 4) is 9.88 Å². The van der Waals surface area contributed by atoms with Gasteiger partial charge in [0.25, 0.3) is 0 Å². The van der Waals surface area contributed by atoms with E-state index < -0.39 is 0 Å². The lowest BCUT2D eigenvalue weighted by atomic mass is 10.5. The maximum Gasteiger partial charge on any atom is 0.169 e. The molecule has 0 amide bonds. The van der Waals surface area contributed by atoms with E-state index in [0.717, 1.165) is 16.2 Å². The molecule has 0 saturated heterocycles. The van der Waals surface area contributed by atoms with Gasteiger partial charge in [0.1, 0.15) is 10.7 Å². The summed E-state index contributed by atoms with van der Waals surface area (Å²) >= 11 is 3.13. The van der Waals surface area contributed by atoms with E-state index in [2.05, 4.69) is 4.98 Å². The van der Waals surface area contributed by atoms with E-state index >= 15 is 0 Å². The average molecular weight is 195 g/mol. The second-order valence-electron chi connectivity index (χ2n) is 2.17. The van der Waals surface area contributed by atoms with Gasteiger partial charge in [-0.1, -0.05) is 6.07 Å². The Bertz CT molecular complexity index is 377. The smallest absolute Gasteiger partial charge is 0.169 e. The molecule has 2 aromatic rings. The van der Waals surface area contributed by atoms with E-state index in [4.69, 9.17) is 0 Å². The molecule has 60 valence electrons. The average Bonchev–Trinajstić information content (AvgIpc) is 2.75. The number of rotatable bonds is 2. The Balaban J connectivity index is 2.41. The van der Waals surface area contributed by atoms with Gasteiger partial charge in [-0.3, -0.25) is 4.79 Å². The van der Waals surface area contributed by atoms with Crippen LogP contribution in [-0.4, -0.2) is 11.3 Å². The van der Waals surface area contributed by atoms with E-state index in [1.54, 1.807) is 16.7 Å². The largest absolute Gasteiger partial charge is 0.296 e. The van der Waals surface area contributed by atoms with E-state index in [-0.39, 0.29) is 0 Å². The number of aromatic nitrogens is 1. The van der Waals surface area contributed by atoms with Gasteiger partial charge in [-0.25, -0.2) is 4.98 Å². The minimum Gasteiger partial charge on any atom is -0.296 e. The van der Waals surface area contributed by atoms with Crippen LogP contribution in [0, 0.1) is 0 Å². The summed E-state index contributed by atoms with van der Waals surface area (Å²) in [4.78, 5) is 15.6. The molecule has 2 nitrogen and oxygen atoms in total. The highest BCUT2D eigenvalue weighted by Gasteiger charge is 2.03. The topological polar surface area (TPSA) is 30.0 Å². The molecule has 0 N–H and O–H groups in total. The lowest BCUT2D eigenvalue weighted by Gasteiger charge is -1.84. The van der Waals surface area contributed by atoms with Crippen LogP contribution in [-0.2, 0) is 0 Å². The Hall–Kier alpha value is -1.00. The molecule has 0 radical (unpaired) electrons. The second-order valence-corrected chi connectivity index (χ2v) is 3.98. The molecule has 0 atom stereocenters. The molecule has 2 rings (SSSR count). The maximum atomic E-state index is 10.3. The van der Waals surface area contributed by atoms with Gasteiger partial charge in [0.05, 0.1) is 4.88 Å². The molecule has 0 saturated carbocycles. The normalized spacial score (nSPS) is 10.0. The molecule has 2 aromatic heterocycles. The van der Waals surface area contributed by atoms with E-state index in [0.29, 0.717) is 5.69 Å². The van der Waals surface area contributed by atoms with Crippen molar-refractivity contribution in [3.63, 3.8) is 0 Å². The van der Waals surface area contributed by atoms with E-state index in [1.807, 2.05) is 17.5 Å². The highest BCUT2D eigenvalue weighted by Crippen LogP contribution is 2.27. The summed E-state index contributed by atoms with van der Waals surface area (Å²) in [6.45, 7) is 0. The number of aldehydes is 1. The lowest BCUT2D eigenvalue weighted by molar-refractivity contribution is 0.111. The van der Waals surface area contributed by atoms with Crippen LogP contribution in [0.3, 0.4) is 0 Å². The number of carbonyl (C=O) groups is 1. The molecule has 0 aliphatic rings. The summed E-state index contributed by atoms with van der Waals surface area (Å²) in [5, 5.41) is 4.69. The van der Waals surface area contributed by atoms with Crippen molar-refractivity contribution in [3.05, 3.63) is 28.6 Å². The van der Waals surface area contributed by atoms with Crippen molar-refractivity contribution < 1.29 is 4.79 Å². The van der Waals surface area contributed by atoms with Crippen LogP contribution in [0.4, 0.5) is 0 Å². The minimum atomic E-state index is 0.517. The molecule has 0 unspecified atom stereocenters. The van der Waals surface area contributed by atoms with Gasteiger partial charge in [-0.05, 0) is 11.4 Å². The molecule has 2 heterocycles. The van der Waals surface area contributed by atoms with Crippen molar-refractivity contribution in [2.45, 2.75) is 0 Å². The van der Waals surface area contributed by atoms with Crippen LogP contribution in [0.1, 0.15) is 10.5 Å². The Morgan fingerprint density at radius 1 is 1.42 bits per heavy atom. The Kier molecular flexibility index (Phi) is 2.01. The van der Waals surface area contributed by atoms with E-state index in [1.165, 1.54) is 11.3 Å². The summed E-state index contributed by atoms with van der Waals surface area (Å²) in [5.41, 5.74) is 0.517.